The smallest absolute Gasteiger partial charge is 0.291 e. The molecule has 0 saturated carbocycles. The van der Waals surface area contributed by atoms with E-state index in [1.165, 1.54) is 41.3 Å². The Balaban J connectivity index is 1.79. The summed E-state index contributed by atoms with van der Waals surface area (Å²) in [6.07, 6.45) is 0.215. The molecular formula is C21H15ClFNO5S. The van der Waals surface area contributed by atoms with E-state index in [4.69, 9.17) is 16.0 Å². The Labute approximate surface area is 175 Å². The van der Waals surface area contributed by atoms with Crippen molar-refractivity contribution in [1.82, 2.24) is 4.90 Å². The molecule has 6 nitrogen and oxygen atoms in total. The Bertz CT molecular complexity index is 1380. The predicted molar refractivity (Wildman–Crippen MR) is 109 cm³/mol. The molecule has 2 unspecified atom stereocenters. The zero-order chi connectivity index (χ0) is 21.2. The van der Waals surface area contributed by atoms with Gasteiger partial charge in [-0.25, -0.2) is 12.8 Å². The van der Waals surface area contributed by atoms with E-state index in [1.54, 1.807) is 6.07 Å². The number of carbonyl (C=O) groups is 1. The fourth-order valence-corrected chi connectivity index (χ4v) is 6.22. The first-order valence-corrected chi connectivity index (χ1v) is 11.5. The van der Waals surface area contributed by atoms with Crippen molar-refractivity contribution in [3.63, 3.8) is 0 Å². The molecule has 1 amide bonds. The van der Waals surface area contributed by atoms with E-state index < -0.39 is 39.1 Å². The lowest BCUT2D eigenvalue weighted by Gasteiger charge is -2.30. The Morgan fingerprint density at radius 1 is 1.13 bits per heavy atom. The largest absolute Gasteiger partial charge is 0.450 e. The van der Waals surface area contributed by atoms with Crippen molar-refractivity contribution in [2.45, 2.75) is 18.5 Å². The minimum absolute atomic E-state index is 0.00386. The van der Waals surface area contributed by atoms with E-state index in [9.17, 15) is 22.4 Å². The molecule has 0 bridgehead atoms. The molecule has 5 rings (SSSR count). The number of halogens is 2. The van der Waals surface area contributed by atoms with Crippen LogP contribution in [0.4, 0.5) is 4.39 Å². The van der Waals surface area contributed by atoms with E-state index in [0.29, 0.717) is 5.02 Å². The topological polar surface area (TPSA) is 84.7 Å². The highest BCUT2D eigenvalue weighted by molar-refractivity contribution is 7.91. The lowest BCUT2D eigenvalue weighted by Crippen LogP contribution is -2.40. The van der Waals surface area contributed by atoms with Gasteiger partial charge in [-0.05, 0) is 30.7 Å². The van der Waals surface area contributed by atoms with Crippen molar-refractivity contribution in [2.75, 3.05) is 11.5 Å². The van der Waals surface area contributed by atoms with E-state index in [1.807, 2.05) is 0 Å². The molecule has 0 aliphatic carbocycles. The third-order valence-corrected chi connectivity index (χ3v) is 7.65. The first kappa shape index (κ1) is 19.3. The maximum atomic E-state index is 14.8. The molecule has 2 aliphatic rings. The molecule has 2 atom stereocenters. The SMILES string of the molecule is O=C1c2oc3ccc(Cl)cc3c(=O)c2C(c2ccccc2F)N1C1CCS(=O)(=O)C1. The number of benzene rings is 2. The van der Waals surface area contributed by atoms with Crippen molar-refractivity contribution in [1.29, 1.82) is 0 Å². The molecule has 3 heterocycles. The van der Waals surface area contributed by atoms with Crippen LogP contribution in [0.2, 0.25) is 5.02 Å². The summed E-state index contributed by atoms with van der Waals surface area (Å²) in [7, 11) is -3.33. The van der Waals surface area contributed by atoms with Crippen molar-refractivity contribution in [3.05, 3.63) is 80.4 Å². The van der Waals surface area contributed by atoms with Crippen LogP contribution in [-0.4, -0.2) is 36.8 Å². The van der Waals surface area contributed by atoms with Gasteiger partial charge >= 0.3 is 0 Å². The molecule has 1 saturated heterocycles. The van der Waals surface area contributed by atoms with Crippen LogP contribution in [0.15, 0.2) is 51.7 Å². The second kappa shape index (κ2) is 6.65. The summed E-state index contributed by atoms with van der Waals surface area (Å²) in [5, 5.41) is 0.497. The fourth-order valence-electron chi connectivity index (χ4n) is 4.34. The molecule has 2 aliphatic heterocycles. The van der Waals surface area contributed by atoms with Gasteiger partial charge in [0.25, 0.3) is 5.91 Å². The molecule has 2 aromatic carbocycles. The molecule has 0 radical (unpaired) electrons. The van der Waals surface area contributed by atoms with Crippen LogP contribution in [0.1, 0.15) is 34.1 Å². The minimum atomic E-state index is -3.33. The molecule has 30 heavy (non-hydrogen) atoms. The maximum Gasteiger partial charge on any atom is 0.291 e. The van der Waals surface area contributed by atoms with Crippen LogP contribution in [0.3, 0.4) is 0 Å². The van der Waals surface area contributed by atoms with Gasteiger partial charge in [0.15, 0.2) is 15.3 Å². The summed E-state index contributed by atoms with van der Waals surface area (Å²) >= 11 is 6.03. The number of hydrogen-bond acceptors (Lipinski definition) is 5. The van der Waals surface area contributed by atoms with Crippen molar-refractivity contribution < 1.29 is 22.0 Å². The summed E-state index contributed by atoms with van der Waals surface area (Å²) in [6, 6.07) is 8.54. The van der Waals surface area contributed by atoms with Crippen LogP contribution >= 0.6 is 11.6 Å². The first-order chi connectivity index (χ1) is 14.3. The Kier molecular flexibility index (Phi) is 4.27. The fraction of sp³-hybridized carbons (Fsp3) is 0.238. The number of amides is 1. The molecule has 0 spiro atoms. The van der Waals surface area contributed by atoms with Crippen molar-refractivity contribution in [2.24, 2.45) is 0 Å². The van der Waals surface area contributed by atoms with Gasteiger partial charge in [0.05, 0.1) is 28.5 Å². The van der Waals surface area contributed by atoms with Gasteiger partial charge in [-0.3, -0.25) is 9.59 Å². The number of rotatable bonds is 2. The monoisotopic (exact) mass is 447 g/mol. The highest BCUT2D eigenvalue weighted by Gasteiger charge is 2.49. The van der Waals surface area contributed by atoms with E-state index in [0.717, 1.165) is 0 Å². The lowest BCUT2D eigenvalue weighted by atomic mass is 9.97. The third-order valence-electron chi connectivity index (χ3n) is 5.67. The second-order valence-corrected chi connectivity index (χ2v) is 10.2. The van der Waals surface area contributed by atoms with Gasteiger partial charge in [0.2, 0.25) is 5.76 Å². The van der Waals surface area contributed by atoms with Crippen LogP contribution in [0.25, 0.3) is 11.0 Å². The number of carbonyl (C=O) groups excluding carboxylic acids is 1. The van der Waals surface area contributed by atoms with Crippen molar-refractivity contribution >= 4 is 38.3 Å². The predicted octanol–water partition coefficient (Wildman–Crippen LogP) is 3.32. The summed E-state index contributed by atoms with van der Waals surface area (Å²) in [6.45, 7) is 0. The van der Waals surface area contributed by atoms with Gasteiger partial charge in [-0.15, -0.1) is 0 Å². The van der Waals surface area contributed by atoms with Crippen LogP contribution in [-0.2, 0) is 9.84 Å². The zero-order valence-corrected chi connectivity index (χ0v) is 17.0. The molecule has 3 aromatic rings. The van der Waals surface area contributed by atoms with Gasteiger partial charge < -0.3 is 9.32 Å². The molecular weight excluding hydrogens is 433 g/mol. The highest BCUT2D eigenvalue weighted by Crippen LogP contribution is 2.42. The van der Waals surface area contributed by atoms with E-state index in [2.05, 4.69) is 0 Å². The number of fused-ring (bicyclic) bond motifs is 2. The average molecular weight is 448 g/mol. The summed E-state index contributed by atoms with van der Waals surface area (Å²) in [4.78, 5) is 28.0. The van der Waals surface area contributed by atoms with Crippen LogP contribution < -0.4 is 5.43 Å². The zero-order valence-electron chi connectivity index (χ0n) is 15.5. The van der Waals surface area contributed by atoms with E-state index in [-0.39, 0.29) is 45.8 Å². The number of hydrogen-bond donors (Lipinski definition) is 0. The van der Waals surface area contributed by atoms with Crippen LogP contribution in [0, 0.1) is 5.82 Å². The Morgan fingerprint density at radius 3 is 2.60 bits per heavy atom. The van der Waals surface area contributed by atoms with Crippen LogP contribution in [0.5, 0.6) is 0 Å². The number of nitrogens with zero attached hydrogens (tertiary/aromatic N) is 1. The van der Waals surface area contributed by atoms with Gasteiger partial charge in [0.1, 0.15) is 11.4 Å². The highest BCUT2D eigenvalue weighted by atomic mass is 35.5. The number of sulfone groups is 1. The molecule has 0 N–H and O–H groups in total. The van der Waals surface area contributed by atoms with Gasteiger partial charge in [-0.2, -0.15) is 0 Å². The normalized spacial score (nSPS) is 22.6. The van der Waals surface area contributed by atoms with E-state index >= 15 is 0 Å². The summed E-state index contributed by atoms with van der Waals surface area (Å²) < 4.78 is 44.7. The summed E-state index contributed by atoms with van der Waals surface area (Å²) in [5.74, 6) is -1.71. The maximum absolute atomic E-state index is 14.8. The molecule has 154 valence electrons. The second-order valence-electron chi connectivity index (χ2n) is 7.51. The molecule has 9 heteroatoms. The Hall–Kier alpha value is -2.71. The standard InChI is InChI=1S/C21H15ClFNO5S/c22-11-5-6-16-14(9-11)19(25)17-18(13-3-1-2-4-15(13)23)24(21(26)20(17)29-16)12-7-8-30(27,28)10-12/h1-6,9,12,18H,7-8,10H2. The van der Waals surface area contributed by atoms with Gasteiger partial charge in [0, 0.05) is 16.6 Å². The quantitative estimate of drug-likeness (QED) is 0.601. The Morgan fingerprint density at radius 2 is 1.90 bits per heavy atom. The summed E-state index contributed by atoms with van der Waals surface area (Å²) in [5.41, 5.74) is -0.185. The minimum Gasteiger partial charge on any atom is -0.450 e. The molecule has 1 aromatic heterocycles. The van der Waals surface area contributed by atoms with Gasteiger partial charge in [-0.1, -0.05) is 29.8 Å². The lowest BCUT2D eigenvalue weighted by molar-refractivity contribution is 0.0660. The average Bonchev–Trinajstić information content (AvgIpc) is 3.20. The third kappa shape index (κ3) is 2.86. The molecule has 1 fully saturated rings. The van der Waals surface area contributed by atoms with Crippen molar-refractivity contribution in [3.8, 4) is 0 Å². The first-order valence-electron chi connectivity index (χ1n) is 9.30.